The van der Waals surface area contributed by atoms with Crippen LogP contribution in [0.3, 0.4) is 0 Å². The number of ether oxygens (including phenoxy) is 1. The SMILES string of the molecule is COc1ccc(NN=C(Cl)C#N)cc1. The molecule has 5 heteroatoms. The molecule has 1 aromatic rings. The lowest BCUT2D eigenvalue weighted by molar-refractivity contribution is 0.415. The van der Waals surface area contributed by atoms with Crippen molar-refractivity contribution in [1.82, 2.24) is 0 Å². The van der Waals surface area contributed by atoms with E-state index in [9.17, 15) is 0 Å². The summed E-state index contributed by atoms with van der Waals surface area (Å²) < 4.78 is 4.97. The van der Waals surface area contributed by atoms with Crippen LogP contribution in [-0.2, 0) is 0 Å². The van der Waals surface area contributed by atoms with E-state index in [2.05, 4.69) is 10.5 Å². The number of hydrogen-bond acceptors (Lipinski definition) is 4. The highest BCUT2D eigenvalue weighted by atomic mass is 35.5. The Bertz CT molecular complexity index is 367. The molecule has 0 fully saturated rings. The van der Waals surface area contributed by atoms with E-state index >= 15 is 0 Å². The molecule has 0 aliphatic heterocycles. The molecular weight excluding hydrogens is 202 g/mol. The van der Waals surface area contributed by atoms with Crippen LogP contribution in [0.4, 0.5) is 5.69 Å². The fraction of sp³-hybridized carbons (Fsp3) is 0.111. The molecule has 0 aromatic heterocycles. The van der Waals surface area contributed by atoms with Crippen molar-refractivity contribution in [2.75, 3.05) is 12.5 Å². The molecule has 1 rings (SSSR count). The normalized spacial score (nSPS) is 10.5. The third-order valence-electron chi connectivity index (χ3n) is 1.47. The van der Waals surface area contributed by atoms with Crippen LogP contribution in [0.2, 0.25) is 0 Å². The molecule has 0 saturated carbocycles. The Morgan fingerprint density at radius 1 is 1.50 bits per heavy atom. The van der Waals surface area contributed by atoms with Crippen molar-refractivity contribution in [3.05, 3.63) is 24.3 Å². The Hall–Kier alpha value is -1.73. The third-order valence-corrected chi connectivity index (χ3v) is 1.63. The molecule has 0 spiro atoms. The summed E-state index contributed by atoms with van der Waals surface area (Å²) in [4.78, 5) is 0. The molecule has 0 amide bonds. The zero-order valence-electron chi connectivity index (χ0n) is 7.49. The van der Waals surface area contributed by atoms with Crippen molar-refractivity contribution in [3.63, 3.8) is 0 Å². The van der Waals surface area contributed by atoms with Crippen LogP contribution in [-0.4, -0.2) is 12.3 Å². The number of benzene rings is 1. The highest BCUT2D eigenvalue weighted by Gasteiger charge is 1.93. The second kappa shape index (κ2) is 5.10. The summed E-state index contributed by atoms with van der Waals surface area (Å²) in [6.45, 7) is 0. The number of nitriles is 1. The molecule has 14 heavy (non-hydrogen) atoms. The van der Waals surface area contributed by atoms with Crippen molar-refractivity contribution in [2.45, 2.75) is 0 Å². The van der Waals surface area contributed by atoms with Crippen LogP contribution in [0.15, 0.2) is 29.4 Å². The molecule has 0 radical (unpaired) electrons. The molecule has 0 aliphatic rings. The van der Waals surface area contributed by atoms with Gasteiger partial charge in [-0.1, -0.05) is 0 Å². The third kappa shape index (κ3) is 2.96. The average Bonchev–Trinajstić information content (AvgIpc) is 2.26. The Labute approximate surface area is 86.8 Å². The summed E-state index contributed by atoms with van der Waals surface area (Å²) in [7, 11) is 1.59. The van der Waals surface area contributed by atoms with Gasteiger partial charge in [0.1, 0.15) is 11.8 Å². The Balaban J connectivity index is 2.66. The van der Waals surface area contributed by atoms with E-state index in [1.54, 1.807) is 37.4 Å². The molecule has 72 valence electrons. The topological polar surface area (TPSA) is 57.4 Å². The van der Waals surface area contributed by atoms with Gasteiger partial charge in [0.2, 0.25) is 5.17 Å². The number of rotatable bonds is 3. The lowest BCUT2D eigenvalue weighted by Crippen LogP contribution is -1.92. The van der Waals surface area contributed by atoms with Gasteiger partial charge in [0, 0.05) is 0 Å². The van der Waals surface area contributed by atoms with Crippen LogP contribution in [0, 0.1) is 11.3 Å². The molecule has 0 heterocycles. The second-order valence-electron chi connectivity index (χ2n) is 2.35. The van der Waals surface area contributed by atoms with Crippen LogP contribution < -0.4 is 10.2 Å². The van der Waals surface area contributed by atoms with Gasteiger partial charge < -0.3 is 4.74 Å². The predicted molar refractivity (Wildman–Crippen MR) is 55.5 cm³/mol. The van der Waals surface area contributed by atoms with E-state index in [-0.39, 0.29) is 5.17 Å². The first kappa shape index (κ1) is 10.4. The zero-order valence-corrected chi connectivity index (χ0v) is 8.25. The minimum Gasteiger partial charge on any atom is -0.497 e. The molecule has 0 unspecified atom stereocenters. The van der Waals surface area contributed by atoms with Crippen molar-refractivity contribution in [1.29, 1.82) is 5.26 Å². The fourth-order valence-electron chi connectivity index (χ4n) is 0.804. The van der Waals surface area contributed by atoms with Crippen LogP contribution in [0.1, 0.15) is 0 Å². The van der Waals surface area contributed by atoms with Gasteiger partial charge in [-0.05, 0) is 35.9 Å². The van der Waals surface area contributed by atoms with Gasteiger partial charge in [0.05, 0.1) is 12.8 Å². The van der Waals surface area contributed by atoms with Gasteiger partial charge in [-0.2, -0.15) is 10.4 Å². The molecule has 4 nitrogen and oxygen atoms in total. The zero-order chi connectivity index (χ0) is 10.4. The van der Waals surface area contributed by atoms with Gasteiger partial charge >= 0.3 is 0 Å². The van der Waals surface area contributed by atoms with E-state index < -0.39 is 0 Å². The van der Waals surface area contributed by atoms with Crippen LogP contribution in [0.5, 0.6) is 5.75 Å². The fourth-order valence-corrected chi connectivity index (χ4v) is 0.846. The highest BCUT2D eigenvalue weighted by molar-refractivity contribution is 6.69. The van der Waals surface area contributed by atoms with Gasteiger partial charge in [0.25, 0.3) is 0 Å². The highest BCUT2D eigenvalue weighted by Crippen LogP contribution is 2.14. The summed E-state index contributed by atoms with van der Waals surface area (Å²) >= 11 is 5.38. The van der Waals surface area contributed by atoms with Gasteiger partial charge in [0.15, 0.2) is 0 Å². The molecular formula is C9H8ClN3O. The first-order chi connectivity index (χ1) is 6.76. The van der Waals surface area contributed by atoms with Crippen molar-refractivity contribution in [3.8, 4) is 11.8 Å². The average molecular weight is 210 g/mol. The maximum Gasteiger partial charge on any atom is 0.226 e. The van der Waals surface area contributed by atoms with Gasteiger partial charge in [-0.3, -0.25) is 5.43 Å². The smallest absolute Gasteiger partial charge is 0.226 e. The first-order valence-corrected chi connectivity index (χ1v) is 4.17. The maximum atomic E-state index is 8.32. The number of nitrogens with zero attached hydrogens (tertiary/aromatic N) is 2. The molecule has 0 aliphatic carbocycles. The van der Waals surface area contributed by atoms with Crippen LogP contribution >= 0.6 is 11.6 Å². The first-order valence-electron chi connectivity index (χ1n) is 3.79. The second-order valence-corrected chi connectivity index (χ2v) is 2.71. The quantitative estimate of drug-likeness (QED) is 0.613. The molecule has 1 aromatic carbocycles. The van der Waals surface area contributed by atoms with Crippen molar-refractivity contribution in [2.24, 2.45) is 5.10 Å². The molecule has 0 bridgehead atoms. The minimum atomic E-state index is -0.138. The lowest BCUT2D eigenvalue weighted by Gasteiger charge is -2.01. The predicted octanol–water partition coefficient (Wildman–Crippen LogP) is 2.18. The number of nitrogens with one attached hydrogen (secondary N) is 1. The minimum absolute atomic E-state index is 0.138. The summed E-state index contributed by atoms with van der Waals surface area (Å²) in [6.07, 6.45) is 0. The number of hydrazone groups is 1. The van der Waals surface area contributed by atoms with E-state index in [1.165, 1.54) is 0 Å². The monoisotopic (exact) mass is 209 g/mol. The van der Waals surface area contributed by atoms with E-state index in [0.29, 0.717) is 0 Å². The van der Waals surface area contributed by atoms with Gasteiger partial charge in [-0.25, -0.2) is 0 Å². The van der Waals surface area contributed by atoms with Crippen molar-refractivity contribution < 1.29 is 4.74 Å². The molecule has 1 N–H and O–H groups in total. The number of anilines is 1. The van der Waals surface area contributed by atoms with Crippen LogP contribution in [0.25, 0.3) is 0 Å². The number of hydrogen-bond donors (Lipinski definition) is 1. The summed E-state index contributed by atoms with van der Waals surface area (Å²) in [5.74, 6) is 0.755. The molecule has 0 saturated heterocycles. The summed E-state index contributed by atoms with van der Waals surface area (Å²) in [5.41, 5.74) is 3.36. The standard InChI is InChI=1S/C9H8ClN3O/c1-14-8-4-2-7(3-5-8)12-13-9(10)6-11/h2-5,12H,1H3. The Kier molecular flexibility index (Phi) is 3.77. The summed E-state index contributed by atoms with van der Waals surface area (Å²) in [6, 6.07) is 8.77. The van der Waals surface area contributed by atoms with Gasteiger partial charge in [-0.15, -0.1) is 0 Å². The lowest BCUT2D eigenvalue weighted by atomic mass is 10.3. The Morgan fingerprint density at radius 3 is 2.64 bits per heavy atom. The largest absolute Gasteiger partial charge is 0.497 e. The van der Waals surface area contributed by atoms with E-state index in [1.807, 2.05) is 0 Å². The van der Waals surface area contributed by atoms with E-state index in [0.717, 1.165) is 11.4 Å². The number of methoxy groups -OCH3 is 1. The summed E-state index contributed by atoms with van der Waals surface area (Å²) in [5, 5.41) is 11.8. The molecule has 0 atom stereocenters. The Morgan fingerprint density at radius 2 is 2.14 bits per heavy atom. The number of halogens is 1. The van der Waals surface area contributed by atoms with Crippen molar-refractivity contribution >= 4 is 22.5 Å². The maximum absolute atomic E-state index is 8.32. The van der Waals surface area contributed by atoms with E-state index in [4.69, 9.17) is 21.6 Å².